The van der Waals surface area contributed by atoms with Crippen molar-refractivity contribution in [2.45, 2.75) is 50.7 Å². The van der Waals surface area contributed by atoms with Gasteiger partial charge in [0.05, 0.1) is 11.7 Å². The summed E-state index contributed by atoms with van der Waals surface area (Å²) in [7, 11) is 0. The fraction of sp³-hybridized carbons (Fsp3) is 0.529. The molecule has 2 aliphatic rings. The van der Waals surface area contributed by atoms with Crippen molar-refractivity contribution in [1.29, 1.82) is 0 Å². The van der Waals surface area contributed by atoms with Crippen molar-refractivity contribution < 1.29 is 9.90 Å². The number of carboxylic acids is 1. The predicted molar refractivity (Wildman–Crippen MR) is 82.5 cm³/mol. The molecule has 5 nitrogen and oxygen atoms in total. The van der Waals surface area contributed by atoms with Crippen molar-refractivity contribution in [3.05, 3.63) is 36.2 Å². The van der Waals surface area contributed by atoms with Crippen molar-refractivity contribution in [3.8, 4) is 0 Å². The summed E-state index contributed by atoms with van der Waals surface area (Å²) in [6.07, 6.45) is 9.40. The Morgan fingerprint density at radius 1 is 1.32 bits per heavy atom. The maximum Gasteiger partial charge on any atom is 0.320 e. The lowest BCUT2D eigenvalue weighted by Gasteiger charge is -2.32. The lowest BCUT2D eigenvalue weighted by molar-refractivity contribution is -0.142. The molecule has 3 atom stereocenters. The van der Waals surface area contributed by atoms with E-state index in [1.54, 1.807) is 0 Å². The van der Waals surface area contributed by atoms with E-state index < -0.39 is 5.97 Å². The second-order valence-corrected chi connectivity index (χ2v) is 6.57. The Morgan fingerprint density at radius 2 is 2.18 bits per heavy atom. The number of rotatable bonds is 3. The van der Waals surface area contributed by atoms with Crippen molar-refractivity contribution in [2.24, 2.45) is 5.92 Å². The van der Waals surface area contributed by atoms with Gasteiger partial charge in [-0.1, -0.05) is 18.9 Å². The highest BCUT2D eigenvalue weighted by atomic mass is 16.4. The number of carbonyl (C=O) groups is 1. The first-order valence-electron chi connectivity index (χ1n) is 8.14. The predicted octanol–water partition coefficient (Wildman–Crippen LogP) is 2.55. The van der Waals surface area contributed by atoms with Crippen LogP contribution in [0.25, 0.3) is 5.52 Å². The first-order chi connectivity index (χ1) is 10.7. The molecule has 0 aromatic carbocycles. The molecule has 2 aromatic heterocycles. The summed E-state index contributed by atoms with van der Waals surface area (Å²) >= 11 is 0. The highest BCUT2D eigenvalue weighted by molar-refractivity contribution is 5.74. The zero-order valence-corrected chi connectivity index (χ0v) is 12.6. The third kappa shape index (κ3) is 2.20. The Balaban J connectivity index is 1.65. The third-order valence-electron chi connectivity index (χ3n) is 5.37. The summed E-state index contributed by atoms with van der Waals surface area (Å²) < 4.78 is 1.86. The van der Waals surface area contributed by atoms with E-state index in [2.05, 4.69) is 10.00 Å². The largest absolute Gasteiger partial charge is 0.480 e. The van der Waals surface area contributed by atoms with Gasteiger partial charge in [-0.3, -0.25) is 9.69 Å². The molecule has 0 bridgehead atoms. The first kappa shape index (κ1) is 13.8. The minimum atomic E-state index is -0.675. The van der Waals surface area contributed by atoms with Crippen LogP contribution in [0.15, 0.2) is 30.6 Å². The van der Waals surface area contributed by atoms with Gasteiger partial charge >= 0.3 is 5.97 Å². The summed E-state index contributed by atoms with van der Waals surface area (Å²) in [6.45, 7) is 0.686. The average molecular weight is 299 g/mol. The second-order valence-electron chi connectivity index (χ2n) is 6.57. The van der Waals surface area contributed by atoms with Gasteiger partial charge in [-0.15, -0.1) is 0 Å². The van der Waals surface area contributed by atoms with Crippen LogP contribution in [0.4, 0.5) is 0 Å². The van der Waals surface area contributed by atoms with E-state index in [0.29, 0.717) is 18.5 Å². The van der Waals surface area contributed by atoms with Crippen molar-refractivity contribution in [2.75, 3.05) is 0 Å². The van der Waals surface area contributed by atoms with Crippen LogP contribution in [-0.4, -0.2) is 37.7 Å². The molecule has 3 heterocycles. The summed E-state index contributed by atoms with van der Waals surface area (Å²) in [5.41, 5.74) is 2.20. The van der Waals surface area contributed by atoms with Crippen LogP contribution < -0.4 is 0 Å². The molecule has 116 valence electrons. The average Bonchev–Trinajstić information content (AvgIpc) is 3.10. The Kier molecular flexibility index (Phi) is 3.37. The molecule has 0 radical (unpaired) electrons. The molecular formula is C17H21N3O2. The molecule has 5 heteroatoms. The molecule has 0 amide bonds. The number of fused-ring (bicyclic) bond motifs is 2. The molecule has 2 aromatic rings. The van der Waals surface area contributed by atoms with Crippen LogP contribution in [-0.2, 0) is 11.3 Å². The normalized spacial score (nSPS) is 28.8. The number of likely N-dealkylation sites (tertiary alicyclic amines) is 1. The van der Waals surface area contributed by atoms with E-state index in [0.717, 1.165) is 23.9 Å². The van der Waals surface area contributed by atoms with Crippen LogP contribution in [0.3, 0.4) is 0 Å². The number of hydrogen-bond donors (Lipinski definition) is 1. The maximum absolute atomic E-state index is 11.7. The van der Waals surface area contributed by atoms with Gasteiger partial charge in [0.2, 0.25) is 0 Å². The van der Waals surface area contributed by atoms with E-state index in [1.165, 1.54) is 19.3 Å². The maximum atomic E-state index is 11.7. The van der Waals surface area contributed by atoms with E-state index in [9.17, 15) is 9.90 Å². The smallest absolute Gasteiger partial charge is 0.320 e. The lowest BCUT2D eigenvalue weighted by Crippen LogP contribution is -2.41. The highest BCUT2D eigenvalue weighted by Crippen LogP contribution is 2.40. The number of hydrogen-bond acceptors (Lipinski definition) is 3. The Hall–Kier alpha value is -1.88. The van der Waals surface area contributed by atoms with Crippen molar-refractivity contribution in [3.63, 3.8) is 0 Å². The number of pyridine rings is 1. The van der Waals surface area contributed by atoms with Gasteiger partial charge in [0.1, 0.15) is 6.04 Å². The van der Waals surface area contributed by atoms with E-state index in [4.69, 9.17) is 0 Å². The van der Waals surface area contributed by atoms with Gasteiger partial charge in [0.15, 0.2) is 0 Å². The molecule has 1 saturated carbocycles. The molecule has 4 rings (SSSR count). The Morgan fingerprint density at radius 3 is 3.05 bits per heavy atom. The van der Waals surface area contributed by atoms with Gasteiger partial charge < -0.3 is 5.11 Å². The Labute approximate surface area is 129 Å². The van der Waals surface area contributed by atoms with Crippen LogP contribution >= 0.6 is 0 Å². The van der Waals surface area contributed by atoms with Gasteiger partial charge in [0, 0.05) is 24.3 Å². The zero-order chi connectivity index (χ0) is 15.1. The van der Waals surface area contributed by atoms with Crippen molar-refractivity contribution >= 4 is 11.5 Å². The molecule has 2 fully saturated rings. The number of carboxylic acid groups (broad SMARTS) is 1. The van der Waals surface area contributed by atoms with E-state index in [1.807, 2.05) is 35.1 Å². The fourth-order valence-corrected chi connectivity index (χ4v) is 4.33. The first-order valence-corrected chi connectivity index (χ1v) is 8.14. The van der Waals surface area contributed by atoms with Gasteiger partial charge in [-0.25, -0.2) is 4.52 Å². The Bertz CT molecular complexity index is 696. The van der Waals surface area contributed by atoms with E-state index >= 15 is 0 Å². The standard InChI is InChI=1S/C17H21N3O2/c21-17(22)16-9-12-5-1-2-6-14(12)19(16)11-13-10-18-20-8-4-3-7-15(13)20/h3-4,7-8,10,12,14,16H,1-2,5-6,9,11H2,(H,21,22). The number of aromatic nitrogens is 2. The zero-order valence-electron chi connectivity index (χ0n) is 12.6. The van der Waals surface area contributed by atoms with Crippen molar-refractivity contribution in [1.82, 2.24) is 14.5 Å². The monoisotopic (exact) mass is 299 g/mol. The molecule has 1 saturated heterocycles. The number of nitrogens with zero attached hydrogens (tertiary/aromatic N) is 3. The van der Waals surface area contributed by atoms with Gasteiger partial charge in [-0.2, -0.15) is 5.10 Å². The summed E-state index contributed by atoms with van der Waals surface area (Å²) in [5, 5.41) is 14.0. The lowest BCUT2D eigenvalue weighted by atomic mass is 9.84. The quantitative estimate of drug-likeness (QED) is 0.946. The van der Waals surface area contributed by atoms with Crippen LogP contribution in [0.1, 0.15) is 37.7 Å². The van der Waals surface area contributed by atoms with Gasteiger partial charge in [-0.05, 0) is 37.3 Å². The molecule has 3 unspecified atom stereocenters. The summed E-state index contributed by atoms with van der Waals surface area (Å²) in [5.74, 6) is -0.123. The molecular weight excluding hydrogens is 278 g/mol. The molecule has 1 N–H and O–H groups in total. The van der Waals surface area contributed by atoms with E-state index in [-0.39, 0.29) is 6.04 Å². The third-order valence-corrected chi connectivity index (χ3v) is 5.37. The minimum absolute atomic E-state index is 0.341. The minimum Gasteiger partial charge on any atom is -0.480 e. The summed E-state index contributed by atoms with van der Waals surface area (Å²) in [4.78, 5) is 13.9. The van der Waals surface area contributed by atoms with Crippen LogP contribution in [0.5, 0.6) is 0 Å². The molecule has 0 spiro atoms. The van der Waals surface area contributed by atoms with Crippen LogP contribution in [0, 0.1) is 5.92 Å². The van der Waals surface area contributed by atoms with Crippen LogP contribution in [0.2, 0.25) is 0 Å². The molecule has 1 aliphatic heterocycles. The molecule has 22 heavy (non-hydrogen) atoms. The second kappa shape index (κ2) is 5.39. The topological polar surface area (TPSA) is 57.8 Å². The fourth-order valence-electron chi connectivity index (χ4n) is 4.33. The highest BCUT2D eigenvalue weighted by Gasteiger charge is 2.45. The van der Waals surface area contributed by atoms with Gasteiger partial charge in [0.25, 0.3) is 0 Å². The number of aliphatic carboxylic acids is 1. The molecule has 1 aliphatic carbocycles. The SMILES string of the molecule is O=C(O)C1CC2CCCCC2N1Cc1cnn2ccccc12. The summed E-state index contributed by atoms with van der Waals surface area (Å²) in [6, 6.07) is 6.09.